The third kappa shape index (κ3) is 7.13. The molecular formula is C13H21FN4O. The van der Waals surface area contributed by atoms with E-state index in [1.165, 1.54) is 19.2 Å². The molecule has 0 saturated heterocycles. The minimum Gasteiger partial charge on any atom is -0.367 e. The third-order valence-corrected chi connectivity index (χ3v) is 2.12. The lowest BCUT2D eigenvalue weighted by Gasteiger charge is -2.10. The molecule has 0 aromatic rings. The SMILES string of the molecule is C=N/C(NC[C@@H](C)F)=C(/C)C(=N)/C=C(\C)O/N=C/C. The van der Waals surface area contributed by atoms with Crippen molar-refractivity contribution in [2.24, 2.45) is 10.1 Å². The molecule has 0 bridgehead atoms. The van der Waals surface area contributed by atoms with Crippen LogP contribution in [0.1, 0.15) is 27.7 Å². The zero-order valence-electron chi connectivity index (χ0n) is 11.8. The van der Waals surface area contributed by atoms with E-state index >= 15 is 0 Å². The maximum absolute atomic E-state index is 12.8. The van der Waals surface area contributed by atoms with E-state index in [1.54, 1.807) is 20.8 Å². The van der Waals surface area contributed by atoms with Crippen molar-refractivity contribution in [3.05, 3.63) is 23.2 Å². The average molecular weight is 268 g/mol. The standard InChI is InChI=1S/C13H21FN4O/c1-6-18-19-10(3)7-12(15)11(4)13(16-5)17-8-9(2)14/h6-7,9,15,17H,5,8H2,1-4H3/b10-7+,13-11+,15-12?,18-6+/t9-/m1/s1. The summed E-state index contributed by atoms with van der Waals surface area (Å²) in [5.74, 6) is 0.863. The molecule has 106 valence electrons. The Bertz CT molecular complexity index is 411. The first-order valence-electron chi connectivity index (χ1n) is 5.90. The summed E-state index contributed by atoms with van der Waals surface area (Å²) in [4.78, 5) is 8.73. The van der Waals surface area contributed by atoms with E-state index in [1.807, 2.05) is 0 Å². The van der Waals surface area contributed by atoms with E-state index in [4.69, 9.17) is 10.2 Å². The fourth-order valence-corrected chi connectivity index (χ4v) is 1.15. The van der Waals surface area contributed by atoms with Crippen molar-refractivity contribution >= 4 is 18.6 Å². The van der Waals surface area contributed by atoms with Gasteiger partial charge in [0.25, 0.3) is 0 Å². The molecule has 0 aromatic carbocycles. The van der Waals surface area contributed by atoms with Gasteiger partial charge >= 0.3 is 0 Å². The second-order valence-corrected chi connectivity index (χ2v) is 3.92. The quantitative estimate of drug-likeness (QED) is 0.404. The van der Waals surface area contributed by atoms with Gasteiger partial charge in [-0.3, -0.25) is 0 Å². The number of hydrogen-bond donors (Lipinski definition) is 2. The number of nitrogens with zero attached hydrogens (tertiary/aromatic N) is 2. The summed E-state index contributed by atoms with van der Waals surface area (Å²) >= 11 is 0. The number of allylic oxidation sites excluding steroid dienone is 3. The largest absolute Gasteiger partial charge is 0.367 e. The maximum Gasteiger partial charge on any atom is 0.134 e. The molecule has 19 heavy (non-hydrogen) atoms. The van der Waals surface area contributed by atoms with Gasteiger partial charge < -0.3 is 15.6 Å². The minimum absolute atomic E-state index is 0.123. The van der Waals surface area contributed by atoms with Crippen LogP contribution in [0, 0.1) is 5.41 Å². The lowest BCUT2D eigenvalue weighted by molar-refractivity contribution is 0.232. The van der Waals surface area contributed by atoms with E-state index in [9.17, 15) is 4.39 Å². The molecule has 0 aliphatic rings. The molecule has 0 radical (unpaired) electrons. The van der Waals surface area contributed by atoms with Crippen LogP contribution in [0.2, 0.25) is 0 Å². The van der Waals surface area contributed by atoms with Crippen LogP contribution < -0.4 is 5.32 Å². The van der Waals surface area contributed by atoms with E-state index in [0.29, 0.717) is 17.2 Å². The number of oxime groups is 1. The number of aliphatic imine (C=N–C) groups is 1. The summed E-state index contributed by atoms with van der Waals surface area (Å²) in [5, 5.41) is 14.3. The number of halogens is 1. The molecule has 0 aliphatic heterocycles. The van der Waals surface area contributed by atoms with Gasteiger partial charge in [-0.25, -0.2) is 9.38 Å². The van der Waals surface area contributed by atoms with Crippen molar-refractivity contribution in [1.82, 2.24) is 5.32 Å². The summed E-state index contributed by atoms with van der Waals surface area (Å²) < 4.78 is 12.8. The Morgan fingerprint density at radius 1 is 1.53 bits per heavy atom. The second kappa shape index (κ2) is 9.02. The molecular weight excluding hydrogens is 247 g/mol. The van der Waals surface area contributed by atoms with E-state index in [2.05, 4.69) is 22.2 Å². The van der Waals surface area contributed by atoms with Crippen molar-refractivity contribution in [2.45, 2.75) is 33.9 Å². The van der Waals surface area contributed by atoms with Gasteiger partial charge in [-0.15, -0.1) is 0 Å². The highest BCUT2D eigenvalue weighted by atomic mass is 19.1. The topological polar surface area (TPSA) is 69.8 Å². The average Bonchev–Trinajstić information content (AvgIpc) is 2.36. The molecule has 2 N–H and O–H groups in total. The van der Waals surface area contributed by atoms with Crippen LogP contribution >= 0.6 is 0 Å². The molecule has 0 saturated carbocycles. The van der Waals surface area contributed by atoms with Crippen LogP contribution in [-0.4, -0.2) is 31.4 Å². The van der Waals surface area contributed by atoms with Crippen molar-refractivity contribution < 1.29 is 9.23 Å². The Morgan fingerprint density at radius 3 is 2.63 bits per heavy atom. The second-order valence-electron chi connectivity index (χ2n) is 3.92. The van der Waals surface area contributed by atoms with Gasteiger partial charge in [0.2, 0.25) is 0 Å². The van der Waals surface area contributed by atoms with Crippen LogP contribution in [0.15, 0.2) is 33.4 Å². The van der Waals surface area contributed by atoms with Crippen molar-refractivity contribution in [3.8, 4) is 0 Å². The van der Waals surface area contributed by atoms with Crippen LogP contribution in [0.5, 0.6) is 0 Å². The molecule has 0 heterocycles. The first kappa shape index (κ1) is 17.0. The number of rotatable bonds is 8. The van der Waals surface area contributed by atoms with Crippen LogP contribution in [-0.2, 0) is 4.84 Å². The molecule has 0 rings (SSSR count). The maximum atomic E-state index is 12.8. The molecule has 1 atom stereocenters. The molecule has 0 fully saturated rings. The first-order valence-corrected chi connectivity index (χ1v) is 5.90. The van der Waals surface area contributed by atoms with E-state index in [-0.39, 0.29) is 12.3 Å². The summed E-state index contributed by atoms with van der Waals surface area (Å²) in [7, 11) is 0. The normalized spacial score (nSPS) is 14.9. The van der Waals surface area contributed by atoms with Gasteiger partial charge in [-0.2, -0.15) is 0 Å². The lowest BCUT2D eigenvalue weighted by atomic mass is 10.1. The fourth-order valence-electron chi connectivity index (χ4n) is 1.15. The molecule has 0 spiro atoms. The molecule has 6 heteroatoms. The minimum atomic E-state index is -1.00. The van der Waals surface area contributed by atoms with Crippen molar-refractivity contribution in [2.75, 3.05) is 6.54 Å². The van der Waals surface area contributed by atoms with Crippen LogP contribution in [0.3, 0.4) is 0 Å². The Hall–Kier alpha value is -1.98. The van der Waals surface area contributed by atoms with Gasteiger partial charge in [0.15, 0.2) is 0 Å². The van der Waals surface area contributed by atoms with Gasteiger partial charge in [0.05, 0.1) is 5.71 Å². The van der Waals surface area contributed by atoms with Crippen LogP contribution in [0.4, 0.5) is 4.39 Å². The number of hydrogen-bond acceptors (Lipinski definition) is 5. The fraction of sp³-hybridized carbons (Fsp3) is 0.462. The highest BCUT2D eigenvalue weighted by molar-refractivity contribution is 6.06. The summed E-state index contributed by atoms with van der Waals surface area (Å²) in [6.45, 7) is 10.1. The predicted octanol–water partition coefficient (Wildman–Crippen LogP) is 2.81. The van der Waals surface area contributed by atoms with E-state index < -0.39 is 6.17 Å². The molecule has 5 nitrogen and oxygen atoms in total. The highest BCUT2D eigenvalue weighted by Gasteiger charge is 2.07. The first-order chi connectivity index (χ1) is 8.92. The zero-order chi connectivity index (χ0) is 14.8. The summed E-state index contributed by atoms with van der Waals surface area (Å²) in [5.41, 5.74) is 0.754. The Labute approximate surface area is 113 Å². The van der Waals surface area contributed by atoms with E-state index in [0.717, 1.165) is 0 Å². The Kier molecular flexibility index (Phi) is 8.08. The summed E-state index contributed by atoms with van der Waals surface area (Å²) in [6.07, 6.45) is 2.01. The Balaban J connectivity index is 4.87. The highest BCUT2D eigenvalue weighted by Crippen LogP contribution is 2.08. The third-order valence-electron chi connectivity index (χ3n) is 2.12. The monoisotopic (exact) mass is 268 g/mol. The van der Waals surface area contributed by atoms with Crippen molar-refractivity contribution in [1.29, 1.82) is 5.41 Å². The predicted molar refractivity (Wildman–Crippen MR) is 77.6 cm³/mol. The lowest BCUT2D eigenvalue weighted by Crippen LogP contribution is -2.22. The molecule has 0 unspecified atom stereocenters. The molecule has 0 aromatic heterocycles. The van der Waals surface area contributed by atoms with Crippen LogP contribution in [0.25, 0.3) is 0 Å². The number of nitrogens with one attached hydrogen (secondary N) is 2. The number of alkyl halides is 1. The molecule has 0 aliphatic carbocycles. The van der Waals surface area contributed by atoms with Gasteiger partial charge in [0, 0.05) is 24.4 Å². The smallest absolute Gasteiger partial charge is 0.134 e. The van der Waals surface area contributed by atoms with Gasteiger partial charge in [-0.05, 0) is 34.4 Å². The Morgan fingerprint density at radius 2 is 2.16 bits per heavy atom. The zero-order valence-corrected chi connectivity index (χ0v) is 11.8. The molecule has 0 amide bonds. The summed E-state index contributed by atoms with van der Waals surface area (Å²) in [6, 6.07) is 0. The van der Waals surface area contributed by atoms with Crippen molar-refractivity contribution in [3.63, 3.8) is 0 Å². The van der Waals surface area contributed by atoms with Gasteiger partial charge in [0.1, 0.15) is 17.8 Å². The van der Waals surface area contributed by atoms with Gasteiger partial charge in [-0.1, -0.05) is 5.16 Å².